The number of amides is 1. The number of hydrogen-bond acceptors (Lipinski definition) is 4. The molecular formula is C19H19N3O3S. The molecule has 0 radical (unpaired) electrons. The number of aromatic nitrogens is 2. The second-order valence-electron chi connectivity index (χ2n) is 5.82. The van der Waals surface area contributed by atoms with Crippen LogP contribution in [0.15, 0.2) is 72.1 Å². The van der Waals surface area contributed by atoms with E-state index in [0.717, 1.165) is 5.56 Å². The van der Waals surface area contributed by atoms with Gasteiger partial charge in [-0.1, -0.05) is 25.1 Å². The van der Waals surface area contributed by atoms with Crippen molar-refractivity contribution in [1.29, 1.82) is 0 Å². The molecule has 6 nitrogen and oxygen atoms in total. The fourth-order valence-corrected chi connectivity index (χ4v) is 3.46. The molecule has 2 aromatic carbocycles. The lowest BCUT2D eigenvalue weighted by Gasteiger charge is -2.09. The highest BCUT2D eigenvalue weighted by Gasteiger charge is 2.13. The first kappa shape index (κ1) is 17.9. The normalized spacial score (nSPS) is 11.3. The molecule has 134 valence electrons. The summed E-state index contributed by atoms with van der Waals surface area (Å²) in [4.78, 5) is 16.7. The Balaban J connectivity index is 1.77. The van der Waals surface area contributed by atoms with Gasteiger partial charge < -0.3 is 9.88 Å². The van der Waals surface area contributed by atoms with Gasteiger partial charge in [-0.2, -0.15) is 0 Å². The maximum Gasteiger partial charge on any atom is 0.255 e. The van der Waals surface area contributed by atoms with Gasteiger partial charge in [-0.15, -0.1) is 0 Å². The molecule has 0 spiro atoms. The molecule has 3 aromatic rings. The molecule has 0 unspecified atom stereocenters. The Labute approximate surface area is 152 Å². The highest BCUT2D eigenvalue weighted by atomic mass is 32.2. The quantitative estimate of drug-likeness (QED) is 0.724. The van der Waals surface area contributed by atoms with Crippen molar-refractivity contribution in [2.45, 2.75) is 18.4 Å². The van der Waals surface area contributed by atoms with Gasteiger partial charge in [0.15, 0.2) is 9.84 Å². The zero-order chi connectivity index (χ0) is 18.6. The van der Waals surface area contributed by atoms with Crippen molar-refractivity contribution in [2.75, 3.05) is 11.1 Å². The lowest BCUT2D eigenvalue weighted by Crippen LogP contribution is -2.13. The summed E-state index contributed by atoms with van der Waals surface area (Å²) in [5.41, 5.74) is 1.92. The molecule has 0 bridgehead atoms. The number of benzene rings is 2. The minimum atomic E-state index is -3.32. The third kappa shape index (κ3) is 4.18. The van der Waals surface area contributed by atoms with Crippen LogP contribution in [-0.2, 0) is 16.4 Å². The summed E-state index contributed by atoms with van der Waals surface area (Å²) in [6, 6.07) is 13.6. The van der Waals surface area contributed by atoms with Crippen molar-refractivity contribution in [3.8, 4) is 0 Å². The second kappa shape index (κ2) is 7.53. The summed E-state index contributed by atoms with van der Waals surface area (Å²) in [5.74, 6) is -0.274. The van der Waals surface area contributed by atoms with Crippen molar-refractivity contribution >= 4 is 21.4 Å². The second-order valence-corrected chi connectivity index (χ2v) is 8.10. The van der Waals surface area contributed by atoms with E-state index in [0.29, 0.717) is 17.8 Å². The van der Waals surface area contributed by atoms with E-state index < -0.39 is 9.84 Å². The molecule has 0 fully saturated rings. The molecule has 0 atom stereocenters. The van der Waals surface area contributed by atoms with E-state index in [2.05, 4.69) is 10.3 Å². The molecule has 26 heavy (non-hydrogen) atoms. The van der Waals surface area contributed by atoms with Crippen molar-refractivity contribution in [1.82, 2.24) is 9.55 Å². The number of imidazole rings is 1. The van der Waals surface area contributed by atoms with Gasteiger partial charge in [0.2, 0.25) is 0 Å². The average molecular weight is 369 g/mol. The molecule has 7 heteroatoms. The topological polar surface area (TPSA) is 81.1 Å². The number of anilines is 1. The molecule has 1 amide bonds. The lowest BCUT2D eigenvalue weighted by molar-refractivity contribution is 0.102. The smallest absolute Gasteiger partial charge is 0.255 e. The predicted octanol–water partition coefficient (Wildman–Crippen LogP) is 2.98. The largest absolute Gasteiger partial charge is 0.333 e. The predicted molar refractivity (Wildman–Crippen MR) is 99.9 cm³/mol. The maximum atomic E-state index is 12.5. The number of rotatable bonds is 6. The summed E-state index contributed by atoms with van der Waals surface area (Å²) < 4.78 is 25.9. The van der Waals surface area contributed by atoms with E-state index in [4.69, 9.17) is 0 Å². The van der Waals surface area contributed by atoms with Crippen LogP contribution in [0, 0.1) is 0 Å². The van der Waals surface area contributed by atoms with Crippen LogP contribution in [-0.4, -0.2) is 29.6 Å². The lowest BCUT2D eigenvalue weighted by atomic mass is 10.1. The summed E-state index contributed by atoms with van der Waals surface area (Å²) in [6.07, 6.45) is 5.27. The Kier molecular flexibility index (Phi) is 5.18. The third-order valence-electron chi connectivity index (χ3n) is 3.94. The summed E-state index contributed by atoms with van der Waals surface area (Å²) >= 11 is 0. The first-order chi connectivity index (χ1) is 12.5. The molecule has 0 aliphatic heterocycles. The van der Waals surface area contributed by atoms with E-state index in [1.165, 1.54) is 12.1 Å². The molecule has 0 saturated heterocycles. The molecule has 1 heterocycles. The Morgan fingerprint density at radius 3 is 2.69 bits per heavy atom. The molecule has 1 N–H and O–H groups in total. The van der Waals surface area contributed by atoms with Gasteiger partial charge in [0.25, 0.3) is 5.91 Å². The van der Waals surface area contributed by atoms with Crippen LogP contribution in [0.2, 0.25) is 0 Å². The molecular weight excluding hydrogens is 350 g/mol. The van der Waals surface area contributed by atoms with Crippen molar-refractivity contribution in [2.24, 2.45) is 0 Å². The first-order valence-electron chi connectivity index (χ1n) is 8.17. The summed E-state index contributed by atoms with van der Waals surface area (Å²) in [5, 5.41) is 2.76. The number of carbonyl (C=O) groups is 1. The van der Waals surface area contributed by atoms with Gasteiger partial charge in [0, 0.05) is 30.2 Å². The van der Waals surface area contributed by atoms with Gasteiger partial charge in [-0.3, -0.25) is 4.79 Å². The Morgan fingerprint density at radius 1 is 1.15 bits per heavy atom. The van der Waals surface area contributed by atoms with E-state index in [1.807, 2.05) is 29.0 Å². The van der Waals surface area contributed by atoms with Gasteiger partial charge >= 0.3 is 0 Å². The Morgan fingerprint density at radius 2 is 1.96 bits per heavy atom. The average Bonchev–Trinajstić information content (AvgIpc) is 3.15. The van der Waals surface area contributed by atoms with Crippen LogP contribution >= 0.6 is 0 Å². The molecule has 0 saturated carbocycles. The molecule has 0 aliphatic carbocycles. The zero-order valence-corrected chi connectivity index (χ0v) is 15.1. The van der Waals surface area contributed by atoms with Crippen molar-refractivity contribution in [3.05, 3.63) is 78.4 Å². The van der Waals surface area contributed by atoms with Crippen LogP contribution in [0.1, 0.15) is 22.8 Å². The number of sulfone groups is 1. The fourth-order valence-electron chi connectivity index (χ4n) is 2.54. The molecule has 1 aromatic heterocycles. The monoisotopic (exact) mass is 369 g/mol. The SMILES string of the molecule is CCS(=O)(=O)c1cccc(NC(=O)c2cccc(Cn3ccnc3)c2)c1. The van der Waals surface area contributed by atoms with Crippen LogP contribution in [0.3, 0.4) is 0 Å². The minimum Gasteiger partial charge on any atom is -0.333 e. The minimum absolute atomic E-state index is 0.0146. The third-order valence-corrected chi connectivity index (χ3v) is 5.68. The number of carbonyl (C=O) groups excluding carboxylic acids is 1. The van der Waals surface area contributed by atoms with Crippen LogP contribution in [0.4, 0.5) is 5.69 Å². The summed E-state index contributed by atoms with van der Waals surface area (Å²) in [6.45, 7) is 2.21. The van der Waals surface area contributed by atoms with Crippen LogP contribution < -0.4 is 5.32 Å². The maximum absolute atomic E-state index is 12.5. The zero-order valence-electron chi connectivity index (χ0n) is 14.3. The summed E-state index contributed by atoms with van der Waals surface area (Å²) in [7, 11) is -3.32. The van der Waals surface area contributed by atoms with E-state index >= 15 is 0 Å². The van der Waals surface area contributed by atoms with Gasteiger partial charge in [0.1, 0.15) is 0 Å². The Bertz CT molecular complexity index is 1010. The van der Waals surface area contributed by atoms with Crippen LogP contribution in [0.25, 0.3) is 0 Å². The van der Waals surface area contributed by atoms with Gasteiger partial charge in [-0.25, -0.2) is 13.4 Å². The standard InChI is InChI=1S/C19H19N3O3S/c1-2-26(24,25)18-8-4-7-17(12-18)21-19(23)16-6-3-5-15(11-16)13-22-10-9-20-14-22/h3-12,14H,2,13H2,1H3,(H,21,23). The fraction of sp³-hybridized carbons (Fsp3) is 0.158. The van der Waals surface area contributed by atoms with Crippen molar-refractivity contribution < 1.29 is 13.2 Å². The molecule has 3 rings (SSSR count). The number of hydrogen-bond donors (Lipinski definition) is 1. The van der Waals surface area contributed by atoms with Crippen molar-refractivity contribution in [3.63, 3.8) is 0 Å². The van der Waals surface area contributed by atoms with E-state index in [1.54, 1.807) is 37.6 Å². The van der Waals surface area contributed by atoms with Gasteiger partial charge in [-0.05, 0) is 35.9 Å². The van der Waals surface area contributed by atoms with E-state index in [9.17, 15) is 13.2 Å². The number of nitrogens with zero attached hydrogens (tertiary/aromatic N) is 2. The first-order valence-corrected chi connectivity index (χ1v) is 9.82. The highest BCUT2D eigenvalue weighted by Crippen LogP contribution is 2.18. The van der Waals surface area contributed by atoms with E-state index in [-0.39, 0.29) is 16.6 Å². The number of nitrogens with one attached hydrogen (secondary N) is 1. The molecule has 0 aliphatic rings. The van der Waals surface area contributed by atoms with Crippen LogP contribution in [0.5, 0.6) is 0 Å². The van der Waals surface area contributed by atoms with Gasteiger partial charge in [0.05, 0.1) is 17.0 Å². The highest BCUT2D eigenvalue weighted by molar-refractivity contribution is 7.91. The Hall–Kier alpha value is -2.93.